The minimum atomic E-state index is -0.956. The second kappa shape index (κ2) is 6.78. The summed E-state index contributed by atoms with van der Waals surface area (Å²) in [5, 5.41) is 8.44. The fourth-order valence-electron chi connectivity index (χ4n) is 4.49. The van der Waals surface area contributed by atoms with Crippen molar-refractivity contribution < 1.29 is 18.8 Å². The van der Waals surface area contributed by atoms with E-state index >= 15 is 0 Å². The number of urea groups is 1. The molecule has 0 unspecified atom stereocenters. The van der Waals surface area contributed by atoms with E-state index in [0.29, 0.717) is 24.3 Å². The highest BCUT2D eigenvalue weighted by molar-refractivity contribution is 6.30. The van der Waals surface area contributed by atoms with Crippen molar-refractivity contribution in [1.29, 1.82) is 0 Å². The van der Waals surface area contributed by atoms with Crippen LogP contribution in [0.5, 0.6) is 0 Å². The average Bonchev–Trinajstić information content (AvgIpc) is 3.13. The molecule has 8 heteroatoms. The van der Waals surface area contributed by atoms with Gasteiger partial charge in [-0.2, -0.15) is 0 Å². The summed E-state index contributed by atoms with van der Waals surface area (Å²) < 4.78 is 13.8. The molecule has 3 fully saturated rings. The summed E-state index contributed by atoms with van der Waals surface area (Å²) in [5.41, 5.74) is -0.0990. The highest BCUT2D eigenvalue weighted by Crippen LogP contribution is 2.42. The number of halogens is 2. The standard InChI is InChI=1S/C19H21ClFN3O3/c20-13-3-1-2-10(6-13)15(11-4-5-14(21)7-11)22-16(25)12-8-19(9-12)17(26)23-18(27)24-19/h1-3,6,11-12,14-15H,4-5,7-9H2,(H,22,25)(H2,23,24,26,27)/t11-,12?,14+,15-,19?/m1/s1. The topological polar surface area (TPSA) is 87.3 Å². The first kappa shape index (κ1) is 18.2. The van der Waals surface area contributed by atoms with E-state index in [1.54, 1.807) is 12.1 Å². The first-order chi connectivity index (χ1) is 12.9. The van der Waals surface area contributed by atoms with Gasteiger partial charge in [-0.05, 0) is 55.7 Å². The van der Waals surface area contributed by atoms with Crippen molar-refractivity contribution in [2.75, 3.05) is 0 Å². The van der Waals surface area contributed by atoms with E-state index in [1.807, 2.05) is 12.1 Å². The maximum absolute atomic E-state index is 13.8. The van der Waals surface area contributed by atoms with Gasteiger partial charge in [0.05, 0.1) is 6.04 Å². The molecule has 3 atom stereocenters. The Kier molecular flexibility index (Phi) is 4.58. The molecular formula is C19H21ClFN3O3. The molecule has 0 aromatic heterocycles. The summed E-state index contributed by atoms with van der Waals surface area (Å²) in [6, 6.07) is 6.42. The minimum Gasteiger partial charge on any atom is -0.349 e. The van der Waals surface area contributed by atoms with Crippen LogP contribution in [0.1, 0.15) is 43.7 Å². The van der Waals surface area contributed by atoms with Gasteiger partial charge in [-0.3, -0.25) is 14.9 Å². The highest BCUT2D eigenvalue weighted by Gasteiger charge is 2.57. The summed E-state index contributed by atoms with van der Waals surface area (Å²) in [5.74, 6) is -0.912. The van der Waals surface area contributed by atoms with Gasteiger partial charge in [0.15, 0.2) is 0 Å². The Morgan fingerprint density at radius 2 is 2.07 bits per heavy atom. The van der Waals surface area contributed by atoms with Crippen molar-refractivity contribution in [3.05, 3.63) is 34.9 Å². The number of carbonyl (C=O) groups is 3. The van der Waals surface area contributed by atoms with Crippen molar-refractivity contribution in [2.45, 2.75) is 49.9 Å². The summed E-state index contributed by atoms with van der Waals surface area (Å²) in [7, 11) is 0. The Morgan fingerprint density at radius 3 is 2.67 bits per heavy atom. The van der Waals surface area contributed by atoms with Crippen LogP contribution in [0.3, 0.4) is 0 Å². The number of imide groups is 1. The van der Waals surface area contributed by atoms with Gasteiger partial charge in [-0.25, -0.2) is 9.18 Å². The van der Waals surface area contributed by atoms with Gasteiger partial charge >= 0.3 is 6.03 Å². The molecule has 1 saturated heterocycles. The molecule has 2 aliphatic carbocycles. The van der Waals surface area contributed by atoms with Crippen LogP contribution in [-0.2, 0) is 9.59 Å². The third-order valence-electron chi connectivity index (χ3n) is 5.96. The molecule has 1 aromatic carbocycles. The number of carbonyl (C=O) groups excluding carboxylic acids is 3. The lowest BCUT2D eigenvalue weighted by Gasteiger charge is -2.42. The fraction of sp³-hybridized carbons (Fsp3) is 0.526. The number of hydrogen-bond acceptors (Lipinski definition) is 3. The molecule has 1 spiro atoms. The highest BCUT2D eigenvalue weighted by atomic mass is 35.5. The molecule has 4 amide bonds. The average molecular weight is 394 g/mol. The summed E-state index contributed by atoms with van der Waals surface area (Å²) in [6.45, 7) is 0. The molecule has 0 radical (unpaired) electrons. The van der Waals surface area contributed by atoms with Crippen molar-refractivity contribution >= 4 is 29.4 Å². The van der Waals surface area contributed by atoms with E-state index in [9.17, 15) is 18.8 Å². The lowest BCUT2D eigenvalue weighted by molar-refractivity contribution is -0.137. The van der Waals surface area contributed by atoms with Gasteiger partial charge in [-0.15, -0.1) is 0 Å². The van der Waals surface area contributed by atoms with Crippen LogP contribution in [0.25, 0.3) is 0 Å². The third kappa shape index (κ3) is 3.40. The van der Waals surface area contributed by atoms with Crippen LogP contribution >= 0.6 is 11.6 Å². The Balaban J connectivity index is 1.46. The van der Waals surface area contributed by atoms with Crippen molar-refractivity contribution in [1.82, 2.24) is 16.0 Å². The SMILES string of the molecule is O=C1NC(=O)C2(CC(C(=O)N[C@H](c3cccc(Cl)c3)[C@@H]3CC[C@H](F)C3)C2)N1. The minimum absolute atomic E-state index is 0.00550. The van der Waals surface area contributed by atoms with E-state index in [2.05, 4.69) is 16.0 Å². The molecule has 6 nitrogen and oxygen atoms in total. The zero-order valence-corrected chi connectivity index (χ0v) is 15.4. The quantitative estimate of drug-likeness (QED) is 0.687. The molecule has 1 aliphatic heterocycles. The molecule has 0 bridgehead atoms. The van der Waals surface area contributed by atoms with E-state index in [1.165, 1.54) is 0 Å². The van der Waals surface area contributed by atoms with Crippen LogP contribution in [0.15, 0.2) is 24.3 Å². The van der Waals surface area contributed by atoms with Gasteiger partial charge in [0.25, 0.3) is 5.91 Å². The first-order valence-corrected chi connectivity index (χ1v) is 9.57. The molecule has 1 aromatic rings. The lowest BCUT2D eigenvalue weighted by atomic mass is 9.67. The van der Waals surface area contributed by atoms with E-state index in [-0.39, 0.29) is 42.5 Å². The number of amides is 4. The van der Waals surface area contributed by atoms with E-state index < -0.39 is 17.7 Å². The third-order valence-corrected chi connectivity index (χ3v) is 6.20. The molecule has 3 N–H and O–H groups in total. The van der Waals surface area contributed by atoms with Crippen LogP contribution in [0, 0.1) is 11.8 Å². The fourth-order valence-corrected chi connectivity index (χ4v) is 4.69. The monoisotopic (exact) mass is 393 g/mol. The smallest absolute Gasteiger partial charge is 0.322 e. The summed E-state index contributed by atoms with van der Waals surface area (Å²) >= 11 is 6.10. The molecular weight excluding hydrogens is 373 g/mol. The number of nitrogens with one attached hydrogen (secondary N) is 3. The van der Waals surface area contributed by atoms with Crippen molar-refractivity contribution in [3.8, 4) is 0 Å². The summed E-state index contributed by atoms with van der Waals surface area (Å²) in [6.07, 6.45) is 1.30. The molecule has 3 aliphatic rings. The molecule has 4 rings (SSSR count). The van der Waals surface area contributed by atoms with Gasteiger partial charge in [0.2, 0.25) is 5.91 Å². The second-order valence-electron chi connectivity index (χ2n) is 7.81. The Labute approximate surface area is 161 Å². The predicted molar refractivity (Wildman–Crippen MR) is 96.7 cm³/mol. The molecule has 2 saturated carbocycles. The van der Waals surface area contributed by atoms with Crippen LogP contribution in [-0.4, -0.2) is 29.6 Å². The number of hydrogen-bond donors (Lipinski definition) is 3. The van der Waals surface area contributed by atoms with Crippen LogP contribution in [0.4, 0.5) is 9.18 Å². The van der Waals surface area contributed by atoms with Crippen molar-refractivity contribution in [2.24, 2.45) is 11.8 Å². The Hall–Kier alpha value is -2.15. The maximum atomic E-state index is 13.8. The number of rotatable bonds is 4. The second-order valence-corrected chi connectivity index (χ2v) is 8.24. The lowest BCUT2D eigenvalue weighted by Crippen LogP contribution is -2.60. The normalized spacial score (nSPS) is 33.3. The largest absolute Gasteiger partial charge is 0.349 e. The van der Waals surface area contributed by atoms with Gasteiger partial charge in [0.1, 0.15) is 11.7 Å². The van der Waals surface area contributed by atoms with Gasteiger partial charge in [0, 0.05) is 10.9 Å². The van der Waals surface area contributed by atoms with Crippen LogP contribution < -0.4 is 16.0 Å². The zero-order valence-electron chi connectivity index (χ0n) is 14.6. The molecule has 1 heterocycles. The Bertz CT molecular complexity index is 796. The first-order valence-electron chi connectivity index (χ1n) is 9.20. The van der Waals surface area contributed by atoms with E-state index in [0.717, 1.165) is 5.56 Å². The molecule has 27 heavy (non-hydrogen) atoms. The number of alkyl halides is 1. The Morgan fingerprint density at radius 1 is 1.30 bits per heavy atom. The summed E-state index contributed by atoms with van der Waals surface area (Å²) in [4.78, 5) is 36.0. The zero-order chi connectivity index (χ0) is 19.2. The van der Waals surface area contributed by atoms with Gasteiger partial charge < -0.3 is 10.6 Å². The maximum Gasteiger partial charge on any atom is 0.322 e. The van der Waals surface area contributed by atoms with Crippen LogP contribution in [0.2, 0.25) is 5.02 Å². The van der Waals surface area contributed by atoms with Gasteiger partial charge in [-0.1, -0.05) is 23.7 Å². The van der Waals surface area contributed by atoms with Crippen molar-refractivity contribution in [3.63, 3.8) is 0 Å². The predicted octanol–water partition coefficient (Wildman–Crippen LogP) is 2.62. The van der Waals surface area contributed by atoms with E-state index in [4.69, 9.17) is 11.6 Å². The number of benzene rings is 1. The molecule has 144 valence electrons.